The number of nitrogens with one attached hydrogen (secondary N) is 3. The van der Waals surface area contributed by atoms with Crippen LogP contribution in [0.4, 0.5) is 0 Å². The standard InChI is InChI=1S/C30H32N4O6/c1-18-7-9-19(10-8-18)16-24(28(37)33-23(27(31)36)15-20-11-13-22(35)14-12-20)34-30(39)26-25(40-26)29(38)32-17-21-5-3-2-4-6-21/h2-14,23-26,35H,15-17H2,1H3,(H2,31,36)(H,32,38)(H,33,37)(H,34,39)/t23-,24-,25?,26?/m0/s1. The zero-order valence-corrected chi connectivity index (χ0v) is 22.0. The molecule has 4 rings (SSSR count). The van der Waals surface area contributed by atoms with E-state index in [2.05, 4.69) is 16.0 Å². The van der Waals surface area contributed by atoms with Crippen molar-refractivity contribution in [2.45, 2.75) is 50.6 Å². The Hall–Kier alpha value is -4.70. The van der Waals surface area contributed by atoms with Crippen LogP contribution in [-0.4, -0.2) is 53.0 Å². The molecule has 208 valence electrons. The molecule has 6 N–H and O–H groups in total. The number of aromatic hydroxyl groups is 1. The van der Waals surface area contributed by atoms with Gasteiger partial charge in [-0.25, -0.2) is 0 Å². The summed E-state index contributed by atoms with van der Waals surface area (Å²) in [5.41, 5.74) is 8.96. The maximum absolute atomic E-state index is 13.3. The maximum atomic E-state index is 13.3. The minimum atomic E-state index is -1.06. The molecule has 1 saturated heterocycles. The van der Waals surface area contributed by atoms with E-state index in [1.54, 1.807) is 12.1 Å². The number of nitrogens with two attached hydrogens (primary N) is 1. The summed E-state index contributed by atoms with van der Waals surface area (Å²) in [7, 11) is 0. The molecule has 0 aromatic heterocycles. The zero-order valence-electron chi connectivity index (χ0n) is 22.0. The summed E-state index contributed by atoms with van der Waals surface area (Å²) < 4.78 is 5.33. The summed E-state index contributed by atoms with van der Waals surface area (Å²) in [5.74, 6) is -2.32. The fourth-order valence-corrected chi connectivity index (χ4v) is 4.18. The molecule has 40 heavy (non-hydrogen) atoms. The van der Waals surface area contributed by atoms with E-state index < -0.39 is 47.9 Å². The number of rotatable bonds is 12. The molecule has 0 saturated carbocycles. The predicted octanol–water partition coefficient (Wildman–Crippen LogP) is 1.02. The summed E-state index contributed by atoms with van der Waals surface area (Å²) in [5, 5.41) is 17.6. The molecule has 0 spiro atoms. The van der Waals surface area contributed by atoms with Gasteiger partial charge in [-0.15, -0.1) is 0 Å². The van der Waals surface area contributed by atoms with Crippen molar-refractivity contribution in [1.29, 1.82) is 0 Å². The van der Waals surface area contributed by atoms with Crippen LogP contribution in [0.5, 0.6) is 5.75 Å². The molecule has 10 nitrogen and oxygen atoms in total. The van der Waals surface area contributed by atoms with Crippen LogP contribution in [0.15, 0.2) is 78.9 Å². The molecule has 3 aromatic carbocycles. The third kappa shape index (κ3) is 7.90. The number of aryl methyl sites for hydroxylation is 1. The number of phenolic OH excluding ortho intramolecular Hbond substituents is 1. The lowest BCUT2D eigenvalue weighted by atomic mass is 10.0. The highest BCUT2D eigenvalue weighted by Gasteiger charge is 2.51. The van der Waals surface area contributed by atoms with Gasteiger partial charge in [0.15, 0.2) is 12.2 Å². The van der Waals surface area contributed by atoms with Crippen LogP contribution >= 0.6 is 0 Å². The van der Waals surface area contributed by atoms with Gasteiger partial charge in [-0.1, -0.05) is 72.3 Å². The Kier molecular flexibility index (Phi) is 9.13. The van der Waals surface area contributed by atoms with E-state index >= 15 is 0 Å². The van der Waals surface area contributed by atoms with Crippen molar-refractivity contribution in [3.63, 3.8) is 0 Å². The number of hydrogen-bond donors (Lipinski definition) is 5. The van der Waals surface area contributed by atoms with Crippen molar-refractivity contribution in [3.8, 4) is 5.75 Å². The summed E-state index contributed by atoms with van der Waals surface area (Å²) in [6.07, 6.45) is -1.75. The molecular weight excluding hydrogens is 512 g/mol. The molecule has 0 bridgehead atoms. The largest absolute Gasteiger partial charge is 0.508 e. The molecular formula is C30H32N4O6. The van der Waals surface area contributed by atoms with Crippen LogP contribution in [0.25, 0.3) is 0 Å². The number of hydrogen-bond acceptors (Lipinski definition) is 6. The first-order valence-corrected chi connectivity index (χ1v) is 12.9. The second kappa shape index (κ2) is 12.9. The first kappa shape index (κ1) is 28.3. The predicted molar refractivity (Wildman–Crippen MR) is 147 cm³/mol. The topological polar surface area (TPSA) is 163 Å². The maximum Gasteiger partial charge on any atom is 0.253 e. The van der Waals surface area contributed by atoms with Crippen LogP contribution in [0.2, 0.25) is 0 Å². The normalized spacial score (nSPS) is 17.2. The molecule has 10 heteroatoms. The molecule has 0 aliphatic carbocycles. The second-order valence-corrected chi connectivity index (χ2v) is 9.77. The molecule has 3 aromatic rings. The molecule has 4 atom stereocenters. The molecule has 1 fully saturated rings. The third-order valence-electron chi connectivity index (χ3n) is 6.55. The van der Waals surface area contributed by atoms with Gasteiger partial charge in [-0.2, -0.15) is 0 Å². The van der Waals surface area contributed by atoms with Crippen molar-refractivity contribution in [1.82, 2.24) is 16.0 Å². The highest BCUT2D eigenvalue weighted by Crippen LogP contribution is 2.23. The number of phenols is 1. The van der Waals surface area contributed by atoms with Gasteiger partial charge >= 0.3 is 0 Å². The Morgan fingerprint density at radius 2 is 1.35 bits per heavy atom. The third-order valence-corrected chi connectivity index (χ3v) is 6.55. The lowest BCUT2D eigenvalue weighted by Gasteiger charge is -2.22. The summed E-state index contributed by atoms with van der Waals surface area (Å²) in [6.45, 7) is 2.23. The van der Waals surface area contributed by atoms with Gasteiger partial charge in [0.25, 0.3) is 11.8 Å². The summed E-state index contributed by atoms with van der Waals surface area (Å²) in [4.78, 5) is 51.0. The van der Waals surface area contributed by atoms with E-state index in [1.165, 1.54) is 12.1 Å². The van der Waals surface area contributed by atoms with Crippen molar-refractivity contribution in [3.05, 3.63) is 101 Å². The van der Waals surface area contributed by atoms with Gasteiger partial charge in [0.1, 0.15) is 17.8 Å². The van der Waals surface area contributed by atoms with Crippen molar-refractivity contribution in [2.24, 2.45) is 5.73 Å². The van der Waals surface area contributed by atoms with E-state index in [0.717, 1.165) is 16.7 Å². The van der Waals surface area contributed by atoms with E-state index in [1.807, 2.05) is 61.5 Å². The molecule has 4 amide bonds. The highest BCUT2D eigenvalue weighted by atomic mass is 16.6. The number of amides is 4. The number of ether oxygens (including phenoxy) is 1. The summed E-state index contributed by atoms with van der Waals surface area (Å²) >= 11 is 0. The Labute approximate surface area is 231 Å². The average Bonchev–Trinajstić information content (AvgIpc) is 3.75. The van der Waals surface area contributed by atoms with Gasteiger partial charge in [0.05, 0.1) is 0 Å². The van der Waals surface area contributed by atoms with Crippen molar-refractivity contribution in [2.75, 3.05) is 0 Å². The number of carbonyl (C=O) groups is 4. The highest BCUT2D eigenvalue weighted by molar-refractivity contribution is 5.97. The molecule has 2 unspecified atom stereocenters. The minimum Gasteiger partial charge on any atom is -0.508 e. The fraction of sp³-hybridized carbons (Fsp3) is 0.267. The van der Waals surface area contributed by atoms with Gasteiger partial charge in [0, 0.05) is 19.4 Å². The van der Waals surface area contributed by atoms with E-state index in [9.17, 15) is 24.3 Å². The summed E-state index contributed by atoms with van der Waals surface area (Å²) in [6, 6.07) is 20.9. The smallest absolute Gasteiger partial charge is 0.253 e. The average molecular weight is 545 g/mol. The van der Waals surface area contributed by atoms with Crippen molar-refractivity contribution < 1.29 is 29.0 Å². The second-order valence-electron chi connectivity index (χ2n) is 9.77. The Morgan fingerprint density at radius 3 is 1.98 bits per heavy atom. The SMILES string of the molecule is Cc1ccc(C[C@H](NC(=O)C2OC2C(=O)NCc2ccccc2)C(=O)N[C@@H](Cc2ccc(O)cc2)C(N)=O)cc1. The molecule has 1 aliphatic rings. The fourth-order valence-electron chi connectivity index (χ4n) is 4.18. The Balaban J connectivity index is 1.40. The van der Waals surface area contributed by atoms with Crippen molar-refractivity contribution >= 4 is 23.6 Å². The van der Waals surface area contributed by atoms with Gasteiger partial charge in [-0.05, 0) is 35.7 Å². The van der Waals surface area contributed by atoms with Gasteiger partial charge in [-0.3, -0.25) is 19.2 Å². The number of carbonyl (C=O) groups excluding carboxylic acids is 4. The molecule has 1 aliphatic heterocycles. The van der Waals surface area contributed by atoms with E-state index in [-0.39, 0.29) is 18.6 Å². The Morgan fingerprint density at radius 1 is 0.775 bits per heavy atom. The van der Waals surface area contributed by atoms with Gasteiger partial charge < -0.3 is 31.5 Å². The minimum absolute atomic E-state index is 0.0682. The lowest BCUT2D eigenvalue weighted by Crippen LogP contribution is -2.55. The molecule has 0 radical (unpaired) electrons. The number of epoxide rings is 1. The molecule has 1 heterocycles. The Bertz CT molecular complexity index is 1340. The van der Waals surface area contributed by atoms with Crippen LogP contribution in [0.3, 0.4) is 0 Å². The first-order valence-electron chi connectivity index (χ1n) is 12.9. The van der Waals surface area contributed by atoms with Crippen LogP contribution in [-0.2, 0) is 43.3 Å². The van der Waals surface area contributed by atoms with E-state index in [4.69, 9.17) is 10.5 Å². The lowest BCUT2D eigenvalue weighted by molar-refractivity contribution is -0.131. The van der Waals surface area contributed by atoms with Crippen LogP contribution in [0, 0.1) is 6.92 Å². The van der Waals surface area contributed by atoms with Gasteiger partial charge in [0.2, 0.25) is 11.8 Å². The zero-order chi connectivity index (χ0) is 28.6. The number of primary amides is 1. The first-order chi connectivity index (χ1) is 19.2. The number of benzene rings is 3. The van der Waals surface area contributed by atoms with E-state index in [0.29, 0.717) is 12.1 Å². The van der Waals surface area contributed by atoms with Crippen LogP contribution in [0.1, 0.15) is 22.3 Å². The quantitative estimate of drug-likeness (QED) is 0.214. The monoisotopic (exact) mass is 544 g/mol. The van der Waals surface area contributed by atoms with Crippen LogP contribution < -0.4 is 21.7 Å².